The van der Waals surface area contributed by atoms with Crippen molar-refractivity contribution in [1.82, 2.24) is 4.57 Å². The molecule has 1 atom stereocenters. The molecule has 3 aromatic rings. The van der Waals surface area contributed by atoms with Crippen molar-refractivity contribution in [2.75, 3.05) is 20.8 Å². The SMILES string of the molecule is CCCC1=C(C(=O)OCC)[C@H](c2cc(Cl)ccc2OC)n2c(s/c(=C/c3cc(I)cc(I)c3OC)c2=O)=N1. The van der Waals surface area contributed by atoms with Gasteiger partial charge >= 0.3 is 5.97 Å². The summed E-state index contributed by atoms with van der Waals surface area (Å²) in [4.78, 5) is 32.7. The number of rotatable bonds is 8. The third kappa shape index (κ3) is 5.68. The number of carbonyl (C=O) groups is 1. The number of aromatic nitrogens is 1. The molecule has 0 aliphatic carbocycles. The van der Waals surface area contributed by atoms with Gasteiger partial charge in [0, 0.05) is 19.7 Å². The molecule has 1 aromatic heterocycles. The molecule has 0 fully saturated rings. The van der Waals surface area contributed by atoms with Gasteiger partial charge < -0.3 is 14.2 Å². The van der Waals surface area contributed by atoms with E-state index < -0.39 is 12.0 Å². The Morgan fingerprint density at radius 1 is 1.18 bits per heavy atom. The van der Waals surface area contributed by atoms with Gasteiger partial charge in [-0.2, -0.15) is 0 Å². The Labute approximate surface area is 256 Å². The van der Waals surface area contributed by atoms with Gasteiger partial charge in [-0.1, -0.05) is 36.3 Å². The number of benzene rings is 2. The Balaban J connectivity index is 2.08. The summed E-state index contributed by atoms with van der Waals surface area (Å²) in [6.07, 6.45) is 3.11. The van der Waals surface area contributed by atoms with Gasteiger partial charge in [-0.3, -0.25) is 9.36 Å². The molecule has 1 aliphatic heterocycles. The molecule has 2 heterocycles. The lowest BCUT2D eigenvalue weighted by Crippen LogP contribution is -2.40. The molecule has 0 saturated carbocycles. The average molecular weight is 779 g/mol. The predicted octanol–water partition coefficient (Wildman–Crippen LogP) is 5.46. The standard InChI is InChI=1S/C27H25ClI2N2O5S/c1-5-7-19-22(26(34)37-6-2)23(17-12-15(28)8-9-20(17)35-3)32-25(33)21(38-27(32)31-19)11-14-10-16(29)13-18(30)24(14)36-4/h8-13,23H,5-7H2,1-4H3/b21-11+/t23-/m0/s1. The van der Waals surface area contributed by atoms with E-state index in [0.29, 0.717) is 49.1 Å². The second-order valence-corrected chi connectivity index (χ2v) is 12.2. The van der Waals surface area contributed by atoms with Crippen LogP contribution in [0.1, 0.15) is 43.9 Å². The molecule has 1 aliphatic rings. The molecular formula is C27H25ClI2N2O5S. The van der Waals surface area contributed by atoms with Crippen molar-refractivity contribution in [2.24, 2.45) is 4.99 Å². The lowest BCUT2D eigenvalue weighted by molar-refractivity contribution is -0.139. The lowest BCUT2D eigenvalue weighted by Gasteiger charge is -2.27. The zero-order valence-corrected chi connectivity index (χ0v) is 27.0. The zero-order chi connectivity index (χ0) is 27.6. The first-order valence-corrected chi connectivity index (χ1v) is 15.2. The maximum Gasteiger partial charge on any atom is 0.338 e. The highest BCUT2D eigenvalue weighted by Crippen LogP contribution is 2.38. The lowest BCUT2D eigenvalue weighted by atomic mass is 9.93. The van der Waals surface area contributed by atoms with E-state index in [0.717, 1.165) is 19.1 Å². The smallest absolute Gasteiger partial charge is 0.338 e. The first kappa shape index (κ1) is 29.1. The van der Waals surface area contributed by atoms with Crippen LogP contribution in [0.25, 0.3) is 6.08 Å². The van der Waals surface area contributed by atoms with Crippen LogP contribution in [-0.2, 0) is 9.53 Å². The Bertz CT molecular complexity index is 1610. The minimum Gasteiger partial charge on any atom is -0.496 e. The number of allylic oxidation sites excluding steroid dienone is 1. The van der Waals surface area contributed by atoms with Crippen molar-refractivity contribution in [2.45, 2.75) is 32.7 Å². The fourth-order valence-electron chi connectivity index (χ4n) is 4.38. The quantitative estimate of drug-likeness (QED) is 0.225. The predicted molar refractivity (Wildman–Crippen MR) is 166 cm³/mol. The fraction of sp³-hybridized carbons (Fsp3) is 0.296. The molecule has 0 bridgehead atoms. The van der Waals surface area contributed by atoms with Crippen LogP contribution in [0.5, 0.6) is 11.5 Å². The number of esters is 1. The van der Waals surface area contributed by atoms with Crippen molar-refractivity contribution in [3.05, 3.63) is 84.6 Å². The molecule has 0 N–H and O–H groups in total. The molecule has 11 heteroatoms. The van der Waals surface area contributed by atoms with Crippen LogP contribution >= 0.6 is 68.1 Å². The van der Waals surface area contributed by atoms with Gasteiger partial charge in [0.2, 0.25) is 0 Å². The first-order chi connectivity index (χ1) is 18.2. The summed E-state index contributed by atoms with van der Waals surface area (Å²) in [5.74, 6) is 0.668. The molecular weight excluding hydrogens is 754 g/mol. The summed E-state index contributed by atoms with van der Waals surface area (Å²) in [5, 5.41) is 0.457. The van der Waals surface area contributed by atoms with Crippen molar-refractivity contribution in [3.8, 4) is 11.5 Å². The van der Waals surface area contributed by atoms with E-state index in [1.165, 1.54) is 11.3 Å². The Kier molecular flexibility index (Phi) is 9.58. The number of carbonyl (C=O) groups excluding carboxylic acids is 1. The molecule has 200 valence electrons. The highest BCUT2D eigenvalue weighted by Gasteiger charge is 2.36. The number of ether oxygens (including phenoxy) is 3. The number of thiazole rings is 1. The van der Waals surface area contributed by atoms with Crippen molar-refractivity contribution >= 4 is 80.2 Å². The van der Waals surface area contributed by atoms with Crippen LogP contribution in [0, 0.1) is 7.14 Å². The van der Waals surface area contributed by atoms with Crippen LogP contribution < -0.4 is 24.4 Å². The third-order valence-electron chi connectivity index (χ3n) is 5.91. The minimum atomic E-state index is -0.819. The normalized spacial score (nSPS) is 15.2. The Hall–Kier alpha value is -1.90. The number of methoxy groups -OCH3 is 2. The van der Waals surface area contributed by atoms with Crippen LogP contribution in [0.15, 0.2) is 51.4 Å². The van der Waals surface area contributed by atoms with Gasteiger partial charge in [-0.25, -0.2) is 9.79 Å². The van der Waals surface area contributed by atoms with E-state index in [-0.39, 0.29) is 12.2 Å². The fourth-order valence-corrected chi connectivity index (χ4v) is 7.68. The summed E-state index contributed by atoms with van der Waals surface area (Å²) in [6.45, 7) is 3.95. The number of halogens is 3. The van der Waals surface area contributed by atoms with Crippen molar-refractivity contribution in [1.29, 1.82) is 0 Å². The largest absolute Gasteiger partial charge is 0.496 e. The molecule has 0 radical (unpaired) electrons. The third-order valence-corrected chi connectivity index (χ3v) is 8.55. The molecule has 0 saturated heterocycles. The van der Waals surface area contributed by atoms with Gasteiger partial charge in [0.25, 0.3) is 5.56 Å². The topological polar surface area (TPSA) is 79.1 Å². The van der Waals surface area contributed by atoms with Crippen LogP contribution in [0.4, 0.5) is 0 Å². The second kappa shape index (κ2) is 12.5. The highest BCUT2D eigenvalue weighted by molar-refractivity contribution is 14.1. The van der Waals surface area contributed by atoms with E-state index in [1.807, 2.05) is 25.1 Å². The molecule has 4 rings (SSSR count). The maximum atomic E-state index is 14.0. The number of fused-ring (bicyclic) bond motifs is 1. The summed E-state index contributed by atoms with van der Waals surface area (Å²) in [6, 6.07) is 8.31. The molecule has 2 aromatic carbocycles. The van der Waals surface area contributed by atoms with Gasteiger partial charge in [0.1, 0.15) is 17.5 Å². The van der Waals surface area contributed by atoms with Crippen LogP contribution in [-0.4, -0.2) is 31.4 Å². The molecule has 7 nitrogen and oxygen atoms in total. The van der Waals surface area contributed by atoms with E-state index in [4.69, 9.17) is 30.8 Å². The van der Waals surface area contributed by atoms with Gasteiger partial charge in [0.15, 0.2) is 4.80 Å². The highest BCUT2D eigenvalue weighted by atomic mass is 127. The van der Waals surface area contributed by atoms with Gasteiger partial charge in [0.05, 0.1) is 40.2 Å². The molecule has 0 spiro atoms. The monoisotopic (exact) mass is 778 g/mol. The minimum absolute atomic E-state index is 0.191. The van der Waals surface area contributed by atoms with Crippen LogP contribution in [0.2, 0.25) is 5.02 Å². The summed E-state index contributed by atoms with van der Waals surface area (Å²) in [5.41, 5.74) is 1.99. The van der Waals surface area contributed by atoms with Gasteiger partial charge in [-0.15, -0.1) is 0 Å². The molecule has 0 amide bonds. The summed E-state index contributed by atoms with van der Waals surface area (Å²) in [7, 11) is 3.15. The number of hydrogen-bond donors (Lipinski definition) is 0. The second-order valence-electron chi connectivity index (χ2n) is 8.31. The van der Waals surface area contributed by atoms with Gasteiger partial charge in [-0.05, 0) is 94.9 Å². The average Bonchev–Trinajstić information content (AvgIpc) is 3.17. The Morgan fingerprint density at radius 3 is 2.61 bits per heavy atom. The summed E-state index contributed by atoms with van der Waals surface area (Å²) >= 11 is 12.1. The van der Waals surface area contributed by atoms with E-state index in [9.17, 15) is 9.59 Å². The van der Waals surface area contributed by atoms with E-state index >= 15 is 0 Å². The number of nitrogens with zero attached hydrogens (tertiary/aromatic N) is 2. The maximum absolute atomic E-state index is 14.0. The molecule has 38 heavy (non-hydrogen) atoms. The number of hydrogen-bond acceptors (Lipinski definition) is 7. The first-order valence-electron chi connectivity index (χ1n) is 11.8. The van der Waals surface area contributed by atoms with Crippen LogP contribution in [0.3, 0.4) is 0 Å². The van der Waals surface area contributed by atoms with E-state index in [2.05, 4.69) is 45.2 Å². The summed E-state index contributed by atoms with van der Waals surface area (Å²) < 4.78 is 20.7. The van der Waals surface area contributed by atoms with E-state index in [1.54, 1.807) is 43.9 Å². The molecule has 0 unspecified atom stereocenters. The van der Waals surface area contributed by atoms with Crippen molar-refractivity contribution in [3.63, 3.8) is 0 Å². The Morgan fingerprint density at radius 2 is 1.95 bits per heavy atom. The van der Waals surface area contributed by atoms with Crippen molar-refractivity contribution < 1.29 is 19.0 Å². The zero-order valence-electron chi connectivity index (χ0n) is 21.1.